The number of ether oxygens (including phenoxy) is 1. The van der Waals surface area contributed by atoms with Crippen molar-refractivity contribution in [1.82, 2.24) is 5.32 Å². The van der Waals surface area contributed by atoms with Gasteiger partial charge < -0.3 is 19.4 Å². The summed E-state index contributed by atoms with van der Waals surface area (Å²) in [5.74, 6) is 0.380. The quantitative estimate of drug-likeness (QED) is 0.246. The first-order valence-electron chi connectivity index (χ1n) is 14.4. The Balaban J connectivity index is 1.16. The Kier molecular flexibility index (Phi) is 7.12. The van der Waals surface area contributed by atoms with Gasteiger partial charge >= 0.3 is 13.2 Å². The number of alkyl carbamates (subject to hydrolysis) is 1. The number of fused-ring (bicyclic) bond motifs is 3. The predicted octanol–water partition coefficient (Wildman–Crippen LogP) is 6.83. The highest BCUT2D eigenvalue weighted by atomic mass is 16.7. The van der Waals surface area contributed by atoms with Gasteiger partial charge in [-0.1, -0.05) is 78.9 Å². The number of Topliss-reactive ketones (excluding diaryl/α,β-unsaturated/α-hetero) is 1. The Morgan fingerprint density at radius 3 is 2.00 bits per heavy atom. The van der Waals surface area contributed by atoms with Gasteiger partial charge in [-0.2, -0.15) is 0 Å². The molecule has 1 saturated carbocycles. The van der Waals surface area contributed by atoms with Gasteiger partial charge in [0.25, 0.3) is 0 Å². The van der Waals surface area contributed by atoms with Crippen LogP contribution in [-0.4, -0.2) is 43.3 Å². The van der Waals surface area contributed by atoms with Crippen LogP contribution in [0.4, 0.5) is 4.79 Å². The van der Waals surface area contributed by atoms with Crippen LogP contribution in [0.3, 0.4) is 0 Å². The van der Waals surface area contributed by atoms with Gasteiger partial charge in [0, 0.05) is 23.9 Å². The molecule has 6 rings (SSSR count). The van der Waals surface area contributed by atoms with Gasteiger partial charge in [0.05, 0.1) is 11.2 Å². The Bertz CT molecular complexity index is 1440. The summed E-state index contributed by atoms with van der Waals surface area (Å²) in [6, 6.07) is 24.1. The fraction of sp³-hybridized carbons (Fsp3) is 0.353. The molecule has 7 heteroatoms. The smallest absolute Gasteiger partial charge is 0.449 e. The largest absolute Gasteiger partial charge is 0.492 e. The third kappa shape index (κ3) is 5.49. The molecule has 6 nitrogen and oxygen atoms in total. The Morgan fingerprint density at radius 2 is 1.44 bits per heavy atom. The highest BCUT2D eigenvalue weighted by Crippen LogP contribution is 2.44. The number of rotatable bonds is 8. The van der Waals surface area contributed by atoms with E-state index in [2.05, 4.69) is 29.6 Å². The van der Waals surface area contributed by atoms with Crippen LogP contribution in [0.1, 0.15) is 73.5 Å². The lowest BCUT2D eigenvalue weighted by Gasteiger charge is -2.32. The van der Waals surface area contributed by atoms with E-state index in [4.69, 9.17) is 14.0 Å². The van der Waals surface area contributed by atoms with Crippen LogP contribution in [0.2, 0.25) is 0 Å². The van der Waals surface area contributed by atoms with Crippen molar-refractivity contribution in [2.75, 3.05) is 13.2 Å². The zero-order chi connectivity index (χ0) is 28.8. The predicted molar refractivity (Wildman–Crippen MR) is 161 cm³/mol. The molecule has 0 spiro atoms. The lowest BCUT2D eigenvalue weighted by molar-refractivity contribution is 0.00578. The standard InChI is InChI=1S/C34H36BNO5/c1-33(2)34(3,4)41-35(40-33)25(19-22-13-15-23(16-14-22)31(37)24-17-18-24)20-36-32(38)39-21-30-28-11-7-5-9-26(28)27-10-6-8-12-29(27)30/h5-16,19,24,30H,17-18,20-21H2,1-4H3,(H,36,38). The van der Waals surface area contributed by atoms with E-state index in [-0.39, 0.29) is 30.8 Å². The maximum atomic E-state index is 13.0. The molecule has 1 N–H and O–H groups in total. The molecule has 0 atom stereocenters. The average molecular weight is 549 g/mol. The molecule has 2 fully saturated rings. The maximum Gasteiger partial charge on any atom is 0.492 e. The van der Waals surface area contributed by atoms with Crippen molar-refractivity contribution in [1.29, 1.82) is 0 Å². The first-order valence-corrected chi connectivity index (χ1v) is 14.4. The lowest BCUT2D eigenvalue weighted by Crippen LogP contribution is -2.41. The lowest BCUT2D eigenvalue weighted by atomic mass is 9.77. The summed E-state index contributed by atoms with van der Waals surface area (Å²) in [6.07, 6.45) is 3.42. The van der Waals surface area contributed by atoms with Crippen molar-refractivity contribution in [3.63, 3.8) is 0 Å². The molecule has 0 bridgehead atoms. The number of amides is 1. The van der Waals surface area contributed by atoms with Crippen molar-refractivity contribution in [3.05, 3.63) is 101 Å². The molecule has 3 aromatic carbocycles. The third-order valence-corrected chi connectivity index (χ3v) is 8.83. The molecular formula is C34H36BNO5. The van der Waals surface area contributed by atoms with Gasteiger partial charge in [0.15, 0.2) is 5.78 Å². The zero-order valence-electron chi connectivity index (χ0n) is 24.1. The van der Waals surface area contributed by atoms with Crippen LogP contribution in [0, 0.1) is 5.92 Å². The SMILES string of the molecule is CC1(C)OB(C(=Cc2ccc(C(=O)C3CC3)cc2)CNC(=O)OCC2c3ccccc3-c3ccccc32)OC1(C)C. The summed E-state index contributed by atoms with van der Waals surface area (Å²) < 4.78 is 18.4. The summed E-state index contributed by atoms with van der Waals surface area (Å²) in [6.45, 7) is 8.44. The number of hydrogen-bond donors (Lipinski definition) is 1. The number of hydrogen-bond acceptors (Lipinski definition) is 5. The topological polar surface area (TPSA) is 73.9 Å². The number of carbonyl (C=O) groups is 2. The molecule has 1 amide bonds. The molecule has 210 valence electrons. The monoisotopic (exact) mass is 549 g/mol. The minimum Gasteiger partial charge on any atom is -0.449 e. The molecule has 0 unspecified atom stereocenters. The summed E-state index contributed by atoms with van der Waals surface area (Å²) in [7, 11) is -0.637. The van der Waals surface area contributed by atoms with Crippen LogP contribution in [0.25, 0.3) is 17.2 Å². The molecule has 3 aliphatic rings. The van der Waals surface area contributed by atoms with Gasteiger partial charge in [0.1, 0.15) is 6.61 Å². The van der Waals surface area contributed by atoms with E-state index in [1.54, 1.807) is 0 Å². The summed E-state index contributed by atoms with van der Waals surface area (Å²) >= 11 is 0. The molecule has 2 aliphatic carbocycles. The number of carbonyl (C=O) groups excluding carboxylic acids is 2. The van der Waals surface area contributed by atoms with E-state index in [1.807, 2.05) is 82.3 Å². The third-order valence-electron chi connectivity index (χ3n) is 8.83. The van der Waals surface area contributed by atoms with E-state index >= 15 is 0 Å². The van der Waals surface area contributed by atoms with Crippen molar-refractivity contribution < 1.29 is 23.6 Å². The molecule has 1 aliphatic heterocycles. The second-order valence-electron chi connectivity index (χ2n) is 12.2. The minimum atomic E-state index is -0.637. The van der Waals surface area contributed by atoms with Gasteiger partial charge in [-0.3, -0.25) is 4.79 Å². The van der Waals surface area contributed by atoms with Crippen LogP contribution in [0.5, 0.6) is 0 Å². The van der Waals surface area contributed by atoms with E-state index in [0.717, 1.165) is 29.4 Å². The first kappa shape index (κ1) is 27.5. The Morgan fingerprint density at radius 1 is 0.878 bits per heavy atom. The molecule has 41 heavy (non-hydrogen) atoms. The Hall–Kier alpha value is -3.68. The molecule has 1 heterocycles. The zero-order valence-corrected chi connectivity index (χ0v) is 24.1. The second kappa shape index (κ2) is 10.6. The molecular weight excluding hydrogens is 513 g/mol. The fourth-order valence-corrected chi connectivity index (χ4v) is 5.56. The van der Waals surface area contributed by atoms with Crippen LogP contribution in [0.15, 0.2) is 78.3 Å². The highest BCUT2D eigenvalue weighted by molar-refractivity contribution is 6.56. The number of benzene rings is 3. The van der Waals surface area contributed by atoms with Crippen molar-refractivity contribution in [3.8, 4) is 11.1 Å². The maximum absolute atomic E-state index is 13.0. The van der Waals surface area contributed by atoms with E-state index < -0.39 is 24.4 Å². The van der Waals surface area contributed by atoms with Crippen molar-refractivity contribution in [2.45, 2.75) is 57.7 Å². The van der Waals surface area contributed by atoms with Crippen molar-refractivity contribution >= 4 is 25.1 Å². The van der Waals surface area contributed by atoms with Gasteiger partial charge in [-0.05, 0) is 73.8 Å². The Labute approximate surface area is 242 Å². The number of ketones is 1. The normalized spacial score (nSPS) is 19.0. The van der Waals surface area contributed by atoms with Crippen LogP contribution >= 0.6 is 0 Å². The minimum absolute atomic E-state index is 0.0110. The van der Waals surface area contributed by atoms with E-state index in [0.29, 0.717) is 0 Å². The number of nitrogens with one attached hydrogen (secondary N) is 1. The summed E-state index contributed by atoms with van der Waals surface area (Å²) in [4.78, 5) is 25.4. The first-order chi connectivity index (χ1) is 19.6. The average Bonchev–Trinajstić information content (AvgIpc) is 3.72. The van der Waals surface area contributed by atoms with Gasteiger partial charge in [0.2, 0.25) is 0 Å². The summed E-state index contributed by atoms with van der Waals surface area (Å²) in [5, 5.41) is 2.92. The highest BCUT2D eigenvalue weighted by Gasteiger charge is 2.52. The van der Waals surface area contributed by atoms with Gasteiger partial charge in [-0.25, -0.2) is 4.79 Å². The van der Waals surface area contributed by atoms with Gasteiger partial charge in [-0.15, -0.1) is 0 Å². The molecule has 0 aromatic heterocycles. The van der Waals surface area contributed by atoms with Crippen LogP contribution in [-0.2, 0) is 14.0 Å². The molecule has 0 radical (unpaired) electrons. The molecule has 3 aromatic rings. The van der Waals surface area contributed by atoms with E-state index in [1.165, 1.54) is 22.3 Å². The van der Waals surface area contributed by atoms with Crippen LogP contribution < -0.4 is 5.32 Å². The fourth-order valence-electron chi connectivity index (χ4n) is 5.56. The molecule has 1 saturated heterocycles. The van der Waals surface area contributed by atoms with E-state index in [9.17, 15) is 9.59 Å². The second-order valence-corrected chi connectivity index (χ2v) is 12.2. The van der Waals surface area contributed by atoms with Crippen molar-refractivity contribution in [2.24, 2.45) is 5.92 Å². The summed E-state index contributed by atoms with van der Waals surface area (Å²) in [5.41, 5.74) is 6.06.